The number of ketones is 1. The molecule has 0 heterocycles. The Morgan fingerprint density at radius 1 is 1.22 bits per heavy atom. The van der Waals surface area contributed by atoms with Gasteiger partial charge in [0.25, 0.3) is 0 Å². The van der Waals surface area contributed by atoms with Gasteiger partial charge in [-0.15, -0.1) is 0 Å². The maximum atomic E-state index is 12.3. The summed E-state index contributed by atoms with van der Waals surface area (Å²) in [6, 6.07) is 8.96. The predicted molar refractivity (Wildman–Crippen MR) is 105 cm³/mol. The molecule has 2 aromatic rings. The molecule has 1 aliphatic rings. The van der Waals surface area contributed by atoms with Gasteiger partial charge in [-0.2, -0.15) is 0 Å². The second kappa shape index (κ2) is 10.8. The minimum atomic E-state index is -0.805. The van der Waals surface area contributed by atoms with Crippen LogP contribution in [0.15, 0.2) is 36.4 Å². The number of benzene rings is 2. The van der Waals surface area contributed by atoms with Gasteiger partial charge in [0.05, 0.1) is 5.56 Å². The number of carbonyl (C=O) groups excluding carboxylic acids is 2. The van der Waals surface area contributed by atoms with Gasteiger partial charge in [0.2, 0.25) is 0 Å². The first kappa shape index (κ1) is 21.9. The minimum absolute atomic E-state index is 0.0380. The first-order valence-corrected chi connectivity index (χ1v) is 13.6. The zero-order valence-corrected chi connectivity index (χ0v) is 18.0. The van der Waals surface area contributed by atoms with Crippen molar-refractivity contribution in [3.8, 4) is 0 Å². The fourth-order valence-corrected chi connectivity index (χ4v) is 2.74. The summed E-state index contributed by atoms with van der Waals surface area (Å²) in [7, 11) is 9.75. The standard InChI is InChI=1S/C18H19N3O3.2ClH.Pt/c19-10-13(20)18(23)24-9-8-21-14-6-4-11-2-1-3-12-5-7-15(22)17(14)16(11)12;;;/h1-7,13,21H,8-10,19-20H2;2*1H;/q;;;+2/p-2. The Kier molecular flexibility index (Phi) is 8.74. The van der Waals surface area contributed by atoms with Gasteiger partial charge >= 0.3 is 41.3 Å². The summed E-state index contributed by atoms with van der Waals surface area (Å²) < 4.78 is 5.04. The Hall–Kier alpha value is -1.43. The number of hydrogen-bond donors (Lipinski definition) is 3. The van der Waals surface area contributed by atoms with Gasteiger partial charge < -0.3 is 21.5 Å². The topological polar surface area (TPSA) is 107 Å². The zero-order valence-electron chi connectivity index (χ0n) is 14.2. The van der Waals surface area contributed by atoms with Crippen molar-refractivity contribution in [2.75, 3.05) is 25.0 Å². The van der Waals surface area contributed by atoms with E-state index in [-0.39, 0.29) is 18.9 Å². The predicted octanol–water partition coefficient (Wildman–Crippen LogP) is 2.67. The van der Waals surface area contributed by atoms with Crippen molar-refractivity contribution < 1.29 is 30.8 Å². The monoisotopic (exact) mass is 590 g/mol. The molecule has 0 saturated heterocycles. The number of hydrogen-bond acceptors (Lipinski definition) is 6. The van der Waals surface area contributed by atoms with Crippen LogP contribution in [0.3, 0.4) is 0 Å². The van der Waals surface area contributed by atoms with E-state index in [1.165, 1.54) is 0 Å². The molecular weight excluding hydrogens is 572 g/mol. The quantitative estimate of drug-likeness (QED) is 0.353. The molecule has 0 saturated carbocycles. The van der Waals surface area contributed by atoms with E-state index in [9.17, 15) is 9.59 Å². The second-order valence-corrected chi connectivity index (χ2v) is 8.90. The Labute approximate surface area is 173 Å². The van der Waals surface area contributed by atoms with Crippen molar-refractivity contribution in [2.24, 2.45) is 11.5 Å². The van der Waals surface area contributed by atoms with Crippen LogP contribution in [0.4, 0.5) is 5.69 Å². The van der Waals surface area contributed by atoms with Crippen molar-refractivity contribution in [3.63, 3.8) is 0 Å². The van der Waals surface area contributed by atoms with Gasteiger partial charge in [-0.3, -0.25) is 9.59 Å². The van der Waals surface area contributed by atoms with Crippen LogP contribution in [0.2, 0.25) is 0 Å². The third kappa shape index (κ3) is 5.53. The van der Waals surface area contributed by atoms with Gasteiger partial charge in [0.1, 0.15) is 12.6 Å². The summed E-state index contributed by atoms with van der Waals surface area (Å²) in [5.41, 5.74) is 13.2. The van der Waals surface area contributed by atoms with Gasteiger partial charge in [0.15, 0.2) is 5.78 Å². The fraction of sp³-hybridized carbons (Fsp3) is 0.222. The molecule has 1 aliphatic carbocycles. The molecule has 27 heavy (non-hydrogen) atoms. The van der Waals surface area contributed by atoms with Crippen LogP contribution in [0.5, 0.6) is 0 Å². The van der Waals surface area contributed by atoms with Gasteiger partial charge in [0, 0.05) is 24.2 Å². The second-order valence-electron chi connectivity index (χ2n) is 5.61. The molecule has 1 atom stereocenters. The van der Waals surface area contributed by atoms with E-state index < -0.39 is 28.5 Å². The zero-order chi connectivity index (χ0) is 19.8. The van der Waals surface area contributed by atoms with Crippen LogP contribution in [0.1, 0.15) is 15.9 Å². The van der Waals surface area contributed by atoms with Crippen LogP contribution in [0, 0.1) is 0 Å². The van der Waals surface area contributed by atoms with Crippen LogP contribution >= 0.6 is 18.8 Å². The molecule has 1 unspecified atom stereocenters. The number of nitrogens with two attached hydrogens (primary N) is 2. The Balaban J connectivity index is 0.000000817. The molecule has 0 fully saturated rings. The average Bonchev–Trinajstić information content (AvgIpc) is 2.68. The Bertz CT molecular complexity index is 861. The SMILES string of the molecule is NCC(N)C(=O)OCCNc1ccc2cccc3c2c1C(=O)C=C3.[Cl][Pt][Cl]. The molecule has 0 bridgehead atoms. The van der Waals surface area contributed by atoms with Crippen molar-refractivity contribution in [3.05, 3.63) is 47.5 Å². The van der Waals surface area contributed by atoms with E-state index >= 15 is 0 Å². The summed E-state index contributed by atoms with van der Waals surface area (Å²) in [6.07, 6.45) is 3.40. The van der Waals surface area contributed by atoms with E-state index in [0.29, 0.717) is 12.1 Å². The van der Waals surface area contributed by atoms with Crippen molar-refractivity contribution in [1.29, 1.82) is 0 Å². The first-order valence-electron chi connectivity index (χ1n) is 8.00. The van der Waals surface area contributed by atoms with Crippen LogP contribution in [0.25, 0.3) is 16.8 Å². The van der Waals surface area contributed by atoms with Crippen LogP contribution < -0.4 is 16.8 Å². The summed E-state index contributed by atoms with van der Waals surface area (Å²) in [5, 5.41) is 5.12. The molecule has 3 rings (SSSR count). The van der Waals surface area contributed by atoms with Gasteiger partial charge in [-0.05, 0) is 23.1 Å². The van der Waals surface area contributed by atoms with Crippen molar-refractivity contribution in [2.45, 2.75) is 6.04 Å². The molecule has 2 aromatic carbocycles. The molecule has 0 radical (unpaired) electrons. The Morgan fingerprint density at radius 2 is 1.96 bits per heavy atom. The molecule has 0 aliphatic heterocycles. The molecule has 148 valence electrons. The first-order chi connectivity index (χ1) is 13.0. The molecule has 0 spiro atoms. The average molecular weight is 591 g/mol. The van der Waals surface area contributed by atoms with Crippen molar-refractivity contribution >= 4 is 53.1 Å². The number of rotatable bonds is 6. The summed E-state index contributed by atoms with van der Waals surface area (Å²) in [6.45, 7) is 0.571. The van der Waals surface area contributed by atoms with Gasteiger partial charge in [-0.25, -0.2) is 0 Å². The number of carbonyl (C=O) groups is 2. The number of allylic oxidation sites excluding steroid dienone is 1. The normalized spacial score (nSPS) is 13.1. The summed E-state index contributed by atoms with van der Waals surface area (Å²) >= 11 is -0.472. The van der Waals surface area contributed by atoms with Crippen LogP contribution in [-0.4, -0.2) is 37.5 Å². The van der Waals surface area contributed by atoms with E-state index in [0.717, 1.165) is 22.0 Å². The molecule has 0 aromatic heterocycles. The van der Waals surface area contributed by atoms with E-state index in [1.807, 2.05) is 36.4 Å². The third-order valence-electron chi connectivity index (χ3n) is 3.96. The van der Waals surface area contributed by atoms with Gasteiger partial charge in [-0.1, -0.05) is 30.3 Å². The number of esters is 1. The van der Waals surface area contributed by atoms with E-state index in [1.54, 1.807) is 6.08 Å². The fourth-order valence-electron chi connectivity index (χ4n) is 2.74. The molecule has 0 amide bonds. The number of nitrogens with one attached hydrogen (secondary N) is 1. The molecule has 5 N–H and O–H groups in total. The number of ether oxygens (including phenoxy) is 1. The number of halogens is 2. The Morgan fingerprint density at radius 3 is 2.67 bits per heavy atom. The van der Waals surface area contributed by atoms with Crippen molar-refractivity contribution in [1.82, 2.24) is 0 Å². The van der Waals surface area contributed by atoms with E-state index in [4.69, 9.17) is 35.0 Å². The molecular formula is C18H19Cl2N3O3Pt. The van der Waals surface area contributed by atoms with Crippen LogP contribution in [-0.2, 0) is 26.0 Å². The molecule has 6 nitrogen and oxygen atoms in total. The summed E-state index contributed by atoms with van der Waals surface area (Å²) in [5.74, 6) is -0.565. The van der Waals surface area contributed by atoms with E-state index in [2.05, 4.69) is 5.32 Å². The number of anilines is 1. The maximum absolute atomic E-state index is 12.3. The summed E-state index contributed by atoms with van der Waals surface area (Å²) in [4.78, 5) is 23.8. The third-order valence-corrected chi connectivity index (χ3v) is 3.96. The molecule has 9 heteroatoms.